The molecule has 0 radical (unpaired) electrons. The molecule has 2 rings (SSSR count). The molecule has 6 nitrogen and oxygen atoms in total. The number of nitriles is 1. The van der Waals surface area contributed by atoms with Gasteiger partial charge in [0.25, 0.3) is 5.91 Å². The third kappa shape index (κ3) is 4.45. The fraction of sp³-hybridized carbons (Fsp3) is 0.0667. The second-order valence-electron chi connectivity index (χ2n) is 4.56. The number of benzene rings is 2. The molecule has 0 spiro atoms. The van der Waals surface area contributed by atoms with E-state index in [1.54, 1.807) is 24.3 Å². The van der Waals surface area contributed by atoms with E-state index < -0.39 is 15.9 Å². The van der Waals surface area contributed by atoms with Crippen LogP contribution in [-0.2, 0) is 10.0 Å². The topological polar surface area (TPSA) is 96.3 Å². The summed E-state index contributed by atoms with van der Waals surface area (Å²) in [6, 6.07) is 12.7. The molecule has 0 aliphatic rings. The Kier molecular flexibility index (Phi) is 4.89. The van der Waals surface area contributed by atoms with Gasteiger partial charge in [-0.05, 0) is 30.3 Å². The van der Waals surface area contributed by atoms with Gasteiger partial charge in [0, 0.05) is 5.56 Å². The highest BCUT2D eigenvalue weighted by molar-refractivity contribution is 7.89. The van der Waals surface area contributed by atoms with Crippen LogP contribution >= 0.6 is 11.6 Å². The van der Waals surface area contributed by atoms with Crippen molar-refractivity contribution in [3.05, 3.63) is 58.6 Å². The molecule has 0 atom stereocenters. The molecule has 2 aromatic rings. The summed E-state index contributed by atoms with van der Waals surface area (Å²) in [6.07, 6.45) is 0.878. The van der Waals surface area contributed by atoms with Gasteiger partial charge < -0.3 is 4.74 Å². The number of halogens is 1. The van der Waals surface area contributed by atoms with Crippen LogP contribution in [0.15, 0.2) is 42.5 Å². The quantitative estimate of drug-likeness (QED) is 0.914. The van der Waals surface area contributed by atoms with Crippen molar-refractivity contribution in [2.75, 3.05) is 6.26 Å². The van der Waals surface area contributed by atoms with E-state index in [2.05, 4.69) is 0 Å². The molecule has 1 N–H and O–H groups in total. The second-order valence-corrected chi connectivity index (χ2v) is 6.71. The van der Waals surface area contributed by atoms with Crippen molar-refractivity contribution in [2.24, 2.45) is 0 Å². The molecule has 118 valence electrons. The third-order valence-electron chi connectivity index (χ3n) is 2.70. The molecule has 0 unspecified atom stereocenters. The Morgan fingerprint density at radius 2 is 1.91 bits per heavy atom. The van der Waals surface area contributed by atoms with E-state index in [-0.39, 0.29) is 16.3 Å². The average molecular weight is 351 g/mol. The van der Waals surface area contributed by atoms with Gasteiger partial charge in [0.15, 0.2) is 0 Å². The van der Waals surface area contributed by atoms with E-state index in [0.717, 1.165) is 6.26 Å². The summed E-state index contributed by atoms with van der Waals surface area (Å²) in [5, 5.41) is 9.13. The number of hydrogen-bond acceptors (Lipinski definition) is 5. The Balaban J connectivity index is 2.27. The molecule has 0 aromatic heterocycles. The zero-order valence-corrected chi connectivity index (χ0v) is 13.5. The zero-order valence-electron chi connectivity index (χ0n) is 11.9. The number of carbonyl (C=O) groups is 1. The maximum Gasteiger partial charge on any atom is 0.264 e. The third-order valence-corrected chi connectivity index (χ3v) is 3.55. The van der Waals surface area contributed by atoms with Crippen LogP contribution in [0.4, 0.5) is 0 Å². The summed E-state index contributed by atoms with van der Waals surface area (Å²) in [6.45, 7) is 0. The minimum absolute atomic E-state index is 0.0707. The number of sulfonamides is 1. The van der Waals surface area contributed by atoms with Crippen LogP contribution in [0.3, 0.4) is 0 Å². The van der Waals surface area contributed by atoms with Crippen molar-refractivity contribution in [2.45, 2.75) is 0 Å². The first-order chi connectivity index (χ1) is 10.8. The van der Waals surface area contributed by atoms with Gasteiger partial charge in [0.1, 0.15) is 17.6 Å². The minimum Gasteiger partial charge on any atom is -0.454 e. The van der Waals surface area contributed by atoms with Gasteiger partial charge in [-0.3, -0.25) is 4.79 Å². The van der Waals surface area contributed by atoms with Gasteiger partial charge in [-0.1, -0.05) is 23.7 Å². The SMILES string of the molecule is CS(=O)(=O)NC(=O)c1ccc(Oc2ccccc2C#N)c(Cl)c1. The number of para-hydroxylation sites is 1. The Morgan fingerprint density at radius 3 is 2.52 bits per heavy atom. The lowest BCUT2D eigenvalue weighted by atomic mass is 10.2. The zero-order chi connectivity index (χ0) is 17.0. The van der Waals surface area contributed by atoms with E-state index in [0.29, 0.717) is 11.3 Å². The Bertz CT molecular complexity index is 904. The maximum atomic E-state index is 11.7. The highest BCUT2D eigenvalue weighted by Crippen LogP contribution is 2.31. The molecule has 0 fully saturated rings. The first kappa shape index (κ1) is 16.8. The normalized spacial score (nSPS) is 10.7. The van der Waals surface area contributed by atoms with Crippen molar-refractivity contribution in [1.29, 1.82) is 5.26 Å². The summed E-state index contributed by atoms with van der Waals surface area (Å²) in [4.78, 5) is 11.7. The lowest BCUT2D eigenvalue weighted by Gasteiger charge is -2.10. The summed E-state index contributed by atoms with van der Waals surface area (Å²) >= 11 is 6.05. The lowest BCUT2D eigenvalue weighted by molar-refractivity contribution is 0.0981. The van der Waals surface area contributed by atoms with E-state index >= 15 is 0 Å². The monoisotopic (exact) mass is 350 g/mol. The predicted molar refractivity (Wildman–Crippen MR) is 85.0 cm³/mol. The molecule has 1 amide bonds. The number of rotatable bonds is 4. The number of hydrogen-bond donors (Lipinski definition) is 1. The molecule has 23 heavy (non-hydrogen) atoms. The van der Waals surface area contributed by atoms with Gasteiger partial charge in [-0.25, -0.2) is 13.1 Å². The Hall–Kier alpha value is -2.56. The number of nitrogens with zero attached hydrogens (tertiary/aromatic N) is 1. The predicted octanol–water partition coefficient (Wildman–Crippen LogP) is 2.69. The molecular formula is C15H11ClN2O4S. The van der Waals surface area contributed by atoms with Gasteiger partial charge >= 0.3 is 0 Å². The fourth-order valence-corrected chi connectivity index (χ4v) is 2.39. The molecule has 2 aromatic carbocycles. The van der Waals surface area contributed by atoms with Crippen LogP contribution in [0.2, 0.25) is 5.02 Å². The first-order valence-electron chi connectivity index (χ1n) is 6.29. The van der Waals surface area contributed by atoms with Crippen LogP contribution in [0.5, 0.6) is 11.5 Å². The number of ether oxygens (including phenoxy) is 1. The van der Waals surface area contributed by atoms with Crippen LogP contribution in [0.1, 0.15) is 15.9 Å². The Morgan fingerprint density at radius 1 is 1.22 bits per heavy atom. The van der Waals surface area contributed by atoms with Crippen LogP contribution in [0.25, 0.3) is 0 Å². The molecule has 0 saturated heterocycles. The van der Waals surface area contributed by atoms with E-state index in [1.807, 2.05) is 10.8 Å². The summed E-state index contributed by atoms with van der Waals surface area (Å²) in [7, 11) is -3.66. The lowest BCUT2D eigenvalue weighted by Crippen LogP contribution is -2.29. The number of nitrogens with one attached hydrogen (secondary N) is 1. The van der Waals surface area contributed by atoms with Crippen molar-refractivity contribution in [3.63, 3.8) is 0 Å². The highest BCUT2D eigenvalue weighted by Gasteiger charge is 2.14. The Labute approximate surface area is 138 Å². The fourth-order valence-electron chi connectivity index (χ4n) is 1.72. The maximum absolute atomic E-state index is 11.7. The van der Waals surface area contributed by atoms with Crippen LogP contribution < -0.4 is 9.46 Å². The van der Waals surface area contributed by atoms with Crippen molar-refractivity contribution in [3.8, 4) is 17.6 Å². The second kappa shape index (κ2) is 6.69. The van der Waals surface area contributed by atoms with E-state index in [1.165, 1.54) is 18.2 Å². The number of carbonyl (C=O) groups excluding carboxylic acids is 1. The molecule has 0 aliphatic heterocycles. The smallest absolute Gasteiger partial charge is 0.264 e. The summed E-state index contributed by atoms with van der Waals surface area (Å²) < 4.78 is 29.5. The minimum atomic E-state index is -3.66. The molecule has 0 bridgehead atoms. The summed E-state index contributed by atoms with van der Waals surface area (Å²) in [5.41, 5.74) is 0.406. The first-order valence-corrected chi connectivity index (χ1v) is 8.56. The van der Waals surface area contributed by atoms with Crippen molar-refractivity contribution >= 4 is 27.5 Å². The van der Waals surface area contributed by atoms with E-state index in [9.17, 15) is 13.2 Å². The molecule has 8 heteroatoms. The van der Waals surface area contributed by atoms with Crippen LogP contribution in [-0.4, -0.2) is 20.6 Å². The van der Waals surface area contributed by atoms with Crippen molar-refractivity contribution in [1.82, 2.24) is 4.72 Å². The van der Waals surface area contributed by atoms with Gasteiger partial charge in [0.2, 0.25) is 10.0 Å². The van der Waals surface area contributed by atoms with Gasteiger partial charge in [0.05, 0.1) is 16.8 Å². The van der Waals surface area contributed by atoms with E-state index in [4.69, 9.17) is 21.6 Å². The highest BCUT2D eigenvalue weighted by atomic mass is 35.5. The molecule has 0 heterocycles. The van der Waals surface area contributed by atoms with Gasteiger partial charge in [-0.15, -0.1) is 0 Å². The largest absolute Gasteiger partial charge is 0.454 e. The van der Waals surface area contributed by atoms with Crippen LogP contribution in [0, 0.1) is 11.3 Å². The standard InChI is InChI=1S/C15H11ClN2O4S/c1-23(20,21)18-15(19)10-6-7-14(12(16)8-10)22-13-5-3-2-4-11(13)9-17/h2-8H,1H3,(H,18,19). The molecule has 0 saturated carbocycles. The van der Waals surface area contributed by atoms with Crippen molar-refractivity contribution < 1.29 is 17.9 Å². The molecule has 0 aliphatic carbocycles. The van der Waals surface area contributed by atoms with Gasteiger partial charge in [-0.2, -0.15) is 5.26 Å². The number of amides is 1. The average Bonchev–Trinajstić information content (AvgIpc) is 2.48. The summed E-state index contributed by atoms with van der Waals surface area (Å²) in [5.74, 6) is -0.228. The molecular weight excluding hydrogens is 340 g/mol.